The zero-order valence-corrected chi connectivity index (χ0v) is 12.9. The van der Waals surface area contributed by atoms with Crippen LogP contribution in [0.25, 0.3) is 0 Å². The van der Waals surface area contributed by atoms with Crippen LogP contribution < -0.4 is 0 Å². The summed E-state index contributed by atoms with van der Waals surface area (Å²) in [5.74, 6) is 0.250. The maximum absolute atomic E-state index is 11.2. The number of carbonyl (C=O) groups excluding carboxylic acids is 2. The Morgan fingerprint density at radius 3 is 2.21 bits per heavy atom. The molecule has 0 bridgehead atoms. The summed E-state index contributed by atoms with van der Waals surface area (Å²) >= 11 is 0. The predicted octanol–water partition coefficient (Wildman–Crippen LogP) is 3.00. The third kappa shape index (κ3) is 8.76. The lowest BCUT2D eigenvalue weighted by Gasteiger charge is -2.18. The summed E-state index contributed by atoms with van der Waals surface area (Å²) in [6, 6.07) is 0. The third-order valence-electron chi connectivity index (χ3n) is 3.33. The molecule has 112 valence electrons. The minimum Gasteiger partial charge on any atom is -0.381 e. The number of ether oxygens (including phenoxy) is 1. The van der Waals surface area contributed by atoms with Gasteiger partial charge in [0.2, 0.25) is 11.8 Å². The molecule has 0 aromatic rings. The average molecular weight is 271 g/mol. The number of imide groups is 1. The largest absolute Gasteiger partial charge is 0.381 e. The number of rotatable bonds is 10. The maximum Gasteiger partial charge on any atom is 0.226 e. The molecule has 2 amide bonds. The number of amides is 2. The van der Waals surface area contributed by atoms with Gasteiger partial charge in [0.15, 0.2) is 0 Å². The Kier molecular flexibility index (Phi) is 10.5. The standard InChI is InChI=1S/C15H29NO3/c1-5-7-9-15(6-2)12-19-11-8-10-16(13(3)17)14(4)18/h15H,5-12H2,1-4H3. The van der Waals surface area contributed by atoms with E-state index in [-0.39, 0.29) is 11.8 Å². The van der Waals surface area contributed by atoms with E-state index in [9.17, 15) is 9.59 Å². The fourth-order valence-electron chi connectivity index (χ4n) is 2.01. The summed E-state index contributed by atoms with van der Waals surface area (Å²) in [5.41, 5.74) is 0. The van der Waals surface area contributed by atoms with Crippen LogP contribution in [0.15, 0.2) is 0 Å². The van der Waals surface area contributed by atoms with E-state index in [4.69, 9.17) is 4.74 Å². The monoisotopic (exact) mass is 271 g/mol. The van der Waals surface area contributed by atoms with Gasteiger partial charge in [-0.3, -0.25) is 14.5 Å². The van der Waals surface area contributed by atoms with Crippen molar-refractivity contribution in [1.29, 1.82) is 0 Å². The molecule has 4 heteroatoms. The van der Waals surface area contributed by atoms with Gasteiger partial charge < -0.3 is 4.74 Å². The van der Waals surface area contributed by atoms with E-state index in [0.717, 1.165) is 13.0 Å². The first kappa shape index (κ1) is 18.1. The minimum atomic E-state index is -0.193. The second-order valence-corrected chi connectivity index (χ2v) is 5.03. The molecule has 0 aliphatic carbocycles. The molecule has 0 fully saturated rings. The first-order valence-corrected chi connectivity index (χ1v) is 7.39. The van der Waals surface area contributed by atoms with Crippen LogP contribution in [0.3, 0.4) is 0 Å². The summed E-state index contributed by atoms with van der Waals surface area (Å²) < 4.78 is 5.64. The maximum atomic E-state index is 11.2. The Hall–Kier alpha value is -0.900. The molecule has 1 unspecified atom stereocenters. The second kappa shape index (κ2) is 11.0. The van der Waals surface area contributed by atoms with Gasteiger partial charge in [-0.25, -0.2) is 0 Å². The molecule has 0 N–H and O–H groups in total. The number of unbranched alkanes of at least 4 members (excludes halogenated alkanes) is 1. The lowest BCUT2D eigenvalue weighted by atomic mass is 10.0. The second-order valence-electron chi connectivity index (χ2n) is 5.03. The quantitative estimate of drug-likeness (QED) is 0.574. The highest BCUT2D eigenvalue weighted by Gasteiger charge is 2.12. The Morgan fingerprint density at radius 1 is 1.11 bits per heavy atom. The molecule has 4 nitrogen and oxygen atoms in total. The molecule has 0 aromatic carbocycles. The summed E-state index contributed by atoms with van der Waals surface area (Å²) in [4.78, 5) is 23.6. The Morgan fingerprint density at radius 2 is 1.74 bits per heavy atom. The van der Waals surface area contributed by atoms with Gasteiger partial charge in [0, 0.05) is 33.6 Å². The van der Waals surface area contributed by atoms with Crippen LogP contribution in [0.4, 0.5) is 0 Å². The normalized spacial score (nSPS) is 12.2. The molecular formula is C15H29NO3. The predicted molar refractivity (Wildman–Crippen MR) is 76.8 cm³/mol. The van der Waals surface area contributed by atoms with Crippen molar-refractivity contribution in [2.45, 2.75) is 59.8 Å². The molecule has 19 heavy (non-hydrogen) atoms. The van der Waals surface area contributed by atoms with Gasteiger partial charge in [-0.05, 0) is 18.8 Å². The molecule has 0 spiro atoms. The van der Waals surface area contributed by atoms with E-state index in [1.54, 1.807) is 0 Å². The van der Waals surface area contributed by atoms with Crippen LogP contribution in [0, 0.1) is 5.92 Å². The van der Waals surface area contributed by atoms with Crippen LogP contribution in [-0.2, 0) is 14.3 Å². The third-order valence-corrected chi connectivity index (χ3v) is 3.33. The zero-order chi connectivity index (χ0) is 14.7. The van der Waals surface area contributed by atoms with E-state index < -0.39 is 0 Å². The SMILES string of the molecule is CCCCC(CC)COCCCN(C(C)=O)C(C)=O. The van der Waals surface area contributed by atoms with E-state index in [1.807, 2.05) is 0 Å². The van der Waals surface area contributed by atoms with Gasteiger partial charge in [-0.2, -0.15) is 0 Å². The number of nitrogens with zero attached hydrogens (tertiary/aromatic N) is 1. The van der Waals surface area contributed by atoms with Crippen LogP contribution in [0.1, 0.15) is 59.8 Å². The zero-order valence-electron chi connectivity index (χ0n) is 12.9. The van der Waals surface area contributed by atoms with Crippen LogP contribution in [0.2, 0.25) is 0 Å². The van der Waals surface area contributed by atoms with Crippen molar-refractivity contribution in [2.24, 2.45) is 5.92 Å². The Labute approximate surface area is 117 Å². The van der Waals surface area contributed by atoms with E-state index in [1.165, 1.54) is 38.0 Å². The summed E-state index contributed by atoms with van der Waals surface area (Å²) in [5, 5.41) is 0. The van der Waals surface area contributed by atoms with Crippen molar-refractivity contribution in [1.82, 2.24) is 4.90 Å². The summed E-state index contributed by atoms with van der Waals surface area (Å²) in [7, 11) is 0. The number of hydrogen-bond acceptors (Lipinski definition) is 3. The first-order valence-electron chi connectivity index (χ1n) is 7.39. The fraction of sp³-hybridized carbons (Fsp3) is 0.867. The van der Waals surface area contributed by atoms with E-state index >= 15 is 0 Å². The highest BCUT2D eigenvalue weighted by Crippen LogP contribution is 2.12. The molecule has 0 radical (unpaired) electrons. The smallest absolute Gasteiger partial charge is 0.226 e. The molecule has 0 rings (SSSR count). The topological polar surface area (TPSA) is 46.6 Å². The highest BCUT2D eigenvalue weighted by molar-refractivity contribution is 5.92. The van der Waals surface area contributed by atoms with Crippen molar-refractivity contribution >= 4 is 11.8 Å². The first-order chi connectivity index (χ1) is 9.02. The van der Waals surface area contributed by atoms with Crippen LogP contribution >= 0.6 is 0 Å². The van der Waals surface area contributed by atoms with Crippen molar-refractivity contribution in [2.75, 3.05) is 19.8 Å². The van der Waals surface area contributed by atoms with E-state index in [0.29, 0.717) is 25.5 Å². The van der Waals surface area contributed by atoms with Crippen LogP contribution in [0.5, 0.6) is 0 Å². The van der Waals surface area contributed by atoms with E-state index in [2.05, 4.69) is 13.8 Å². The van der Waals surface area contributed by atoms with Crippen LogP contribution in [-0.4, -0.2) is 36.5 Å². The van der Waals surface area contributed by atoms with Gasteiger partial charge >= 0.3 is 0 Å². The molecule has 0 aliphatic heterocycles. The Bertz CT molecular complexity index is 252. The minimum absolute atomic E-state index is 0.193. The number of carbonyl (C=O) groups is 2. The fourth-order valence-corrected chi connectivity index (χ4v) is 2.01. The average Bonchev–Trinajstić information content (AvgIpc) is 2.36. The van der Waals surface area contributed by atoms with Crippen molar-refractivity contribution in [3.63, 3.8) is 0 Å². The Balaban J connectivity index is 3.73. The van der Waals surface area contributed by atoms with Crippen molar-refractivity contribution in [3.05, 3.63) is 0 Å². The van der Waals surface area contributed by atoms with Gasteiger partial charge in [0.1, 0.15) is 0 Å². The molecule has 1 atom stereocenters. The lowest BCUT2D eigenvalue weighted by molar-refractivity contribution is -0.142. The lowest BCUT2D eigenvalue weighted by Crippen LogP contribution is -2.34. The molecule has 0 aliphatic rings. The van der Waals surface area contributed by atoms with Crippen molar-refractivity contribution < 1.29 is 14.3 Å². The van der Waals surface area contributed by atoms with Gasteiger partial charge in [0.25, 0.3) is 0 Å². The summed E-state index contributed by atoms with van der Waals surface area (Å²) in [6.45, 7) is 9.08. The van der Waals surface area contributed by atoms with Crippen molar-refractivity contribution in [3.8, 4) is 0 Å². The molecule has 0 heterocycles. The van der Waals surface area contributed by atoms with Gasteiger partial charge in [-0.1, -0.05) is 33.1 Å². The molecule has 0 saturated carbocycles. The van der Waals surface area contributed by atoms with Gasteiger partial charge in [0.05, 0.1) is 0 Å². The molecule has 0 saturated heterocycles. The molecule has 0 aromatic heterocycles. The molecular weight excluding hydrogens is 242 g/mol. The highest BCUT2D eigenvalue weighted by atomic mass is 16.5. The number of hydrogen-bond donors (Lipinski definition) is 0. The summed E-state index contributed by atoms with van der Waals surface area (Å²) in [6.07, 6.45) is 5.56. The van der Waals surface area contributed by atoms with Gasteiger partial charge in [-0.15, -0.1) is 0 Å².